The lowest BCUT2D eigenvalue weighted by Crippen LogP contribution is -2.36. The van der Waals surface area contributed by atoms with E-state index in [1.165, 1.54) is 32.1 Å². The van der Waals surface area contributed by atoms with E-state index in [4.69, 9.17) is 18.0 Å². The van der Waals surface area contributed by atoms with Crippen LogP contribution >= 0.6 is 12.2 Å². The maximum absolute atomic E-state index is 5.51. The lowest BCUT2D eigenvalue weighted by molar-refractivity contribution is 0.163. The second kappa shape index (κ2) is 7.23. The summed E-state index contributed by atoms with van der Waals surface area (Å²) in [6, 6.07) is 0.800. The summed E-state index contributed by atoms with van der Waals surface area (Å²) in [5, 5.41) is 0. The Kier molecular flexibility index (Phi) is 6.29. The molecule has 0 saturated heterocycles. The first-order valence-electron chi connectivity index (χ1n) is 6.62. The second-order valence-corrected chi connectivity index (χ2v) is 5.66. The van der Waals surface area contributed by atoms with Gasteiger partial charge in [-0.15, -0.1) is 0 Å². The zero-order valence-electron chi connectivity index (χ0n) is 10.7. The van der Waals surface area contributed by atoms with Crippen molar-refractivity contribution in [2.75, 3.05) is 13.6 Å². The minimum absolute atomic E-state index is 0.656. The number of nitrogens with two attached hydrogens (primary N) is 1. The van der Waals surface area contributed by atoms with Gasteiger partial charge in [-0.1, -0.05) is 25.6 Å². The van der Waals surface area contributed by atoms with Gasteiger partial charge in [-0.25, -0.2) is 0 Å². The van der Waals surface area contributed by atoms with Gasteiger partial charge in [-0.3, -0.25) is 0 Å². The molecular formula is C13H26N2S. The van der Waals surface area contributed by atoms with Crippen LogP contribution in [-0.2, 0) is 0 Å². The first kappa shape index (κ1) is 13.9. The number of rotatable bonds is 6. The van der Waals surface area contributed by atoms with Gasteiger partial charge in [-0.2, -0.15) is 0 Å². The van der Waals surface area contributed by atoms with Crippen LogP contribution in [0.25, 0.3) is 0 Å². The van der Waals surface area contributed by atoms with Gasteiger partial charge in [0.2, 0.25) is 0 Å². The third-order valence-corrected chi connectivity index (χ3v) is 4.16. The molecule has 1 fully saturated rings. The normalized spacial score (nSPS) is 25.9. The Hall–Kier alpha value is -0.150. The van der Waals surface area contributed by atoms with Crippen molar-refractivity contribution in [2.24, 2.45) is 11.7 Å². The topological polar surface area (TPSA) is 29.3 Å². The fourth-order valence-electron chi connectivity index (χ4n) is 2.68. The van der Waals surface area contributed by atoms with Gasteiger partial charge in [0.15, 0.2) is 0 Å². The van der Waals surface area contributed by atoms with Crippen LogP contribution in [0.5, 0.6) is 0 Å². The van der Waals surface area contributed by atoms with Crippen molar-refractivity contribution in [3.05, 3.63) is 0 Å². The van der Waals surface area contributed by atoms with E-state index in [0.717, 1.165) is 31.3 Å². The maximum atomic E-state index is 5.51. The van der Waals surface area contributed by atoms with E-state index in [-0.39, 0.29) is 0 Å². The summed E-state index contributed by atoms with van der Waals surface area (Å²) in [6.07, 6.45) is 8.95. The molecule has 2 nitrogen and oxygen atoms in total. The highest BCUT2D eigenvalue weighted by atomic mass is 32.1. The Labute approximate surface area is 106 Å². The molecule has 0 amide bonds. The standard InChI is InChI=1S/C13H26N2S/c1-3-11-6-8-12(9-7-11)15(2)10-4-5-13(14)16/h11-12H,3-10H2,1-2H3,(H2,14,16). The molecule has 0 aromatic heterocycles. The largest absolute Gasteiger partial charge is 0.393 e. The quantitative estimate of drug-likeness (QED) is 0.726. The Morgan fingerprint density at radius 2 is 1.94 bits per heavy atom. The number of nitrogens with zero attached hydrogens (tertiary/aromatic N) is 1. The minimum Gasteiger partial charge on any atom is -0.393 e. The summed E-state index contributed by atoms with van der Waals surface area (Å²) in [6.45, 7) is 3.45. The van der Waals surface area contributed by atoms with Crippen molar-refractivity contribution < 1.29 is 0 Å². The molecule has 1 aliphatic carbocycles. The van der Waals surface area contributed by atoms with E-state index in [0.29, 0.717) is 4.99 Å². The molecular weight excluding hydrogens is 216 g/mol. The zero-order chi connectivity index (χ0) is 12.0. The number of thiocarbonyl (C=S) groups is 1. The second-order valence-electron chi connectivity index (χ2n) is 5.13. The van der Waals surface area contributed by atoms with E-state index < -0.39 is 0 Å². The van der Waals surface area contributed by atoms with Gasteiger partial charge in [0, 0.05) is 6.04 Å². The van der Waals surface area contributed by atoms with Crippen LogP contribution in [0.2, 0.25) is 0 Å². The first-order chi connectivity index (χ1) is 7.63. The first-order valence-corrected chi connectivity index (χ1v) is 7.02. The molecule has 2 N–H and O–H groups in total. The van der Waals surface area contributed by atoms with Crippen LogP contribution in [0.3, 0.4) is 0 Å². The average Bonchev–Trinajstić information content (AvgIpc) is 2.28. The molecule has 1 rings (SSSR count). The van der Waals surface area contributed by atoms with E-state index in [1.807, 2.05) is 0 Å². The molecule has 0 aromatic rings. The summed E-state index contributed by atoms with van der Waals surface area (Å²) in [5.41, 5.74) is 5.51. The lowest BCUT2D eigenvalue weighted by Gasteiger charge is -2.34. The van der Waals surface area contributed by atoms with E-state index >= 15 is 0 Å². The summed E-state index contributed by atoms with van der Waals surface area (Å²) < 4.78 is 0. The van der Waals surface area contributed by atoms with Gasteiger partial charge in [-0.05, 0) is 58.0 Å². The highest BCUT2D eigenvalue weighted by molar-refractivity contribution is 7.80. The Balaban J connectivity index is 2.17. The van der Waals surface area contributed by atoms with Crippen molar-refractivity contribution in [1.29, 1.82) is 0 Å². The smallest absolute Gasteiger partial charge is 0.0727 e. The van der Waals surface area contributed by atoms with Crippen molar-refractivity contribution >= 4 is 17.2 Å². The van der Waals surface area contributed by atoms with Gasteiger partial charge >= 0.3 is 0 Å². The zero-order valence-corrected chi connectivity index (χ0v) is 11.6. The predicted octanol–water partition coefficient (Wildman–Crippen LogP) is 2.95. The molecule has 0 bridgehead atoms. The maximum Gasteiger partial charge on any atom is 0.0727 e. The van der Waals surface area contributed by atoms with E-state index in [9.17, 15) is 0 Å². The molecule has 3 heteroatoms. The highest BCUT2D eigenvalue weighted by Gasteiger charge is 2.22. The molecule has 1 saturated carbocycles. The summed E-state index contributed by atoms with van der Waals surface area (Å²) in [7, 11) is 2.25. The molecule has 0 unspecified atom stereocenters. The molecule has 0 heterocycles. The molecule has 0 radical (unpaired) electrons. The lowest BCUT2D eigenvalue weighted by atomic mass is 9.84. The van der Waals surface area contributed by atoms with Gasteiger partial charge in [0.05, 0.1) is 4.99 Å². The molecule has 0 aromatic carbocycles. The number of hydrogen-bond donors (Lipinski definition) is 1. The van der Waals surface area contributed by atoms with Crippen LogP contribution in [0.1, 0.15) is 51.9 Å². The van der Waals surface area contributed by atoms with Crippen LogP contribution < -0.4 is 5.73 Å². The number of hydrogen-bond acceptors (Lipinski definition) is 2. The molecule has 16 heavy (non-hydrogen) atoms. The molecule has 0 aliphatic heterocycles. The van der Waals surface area contributed by atoms with Crippen molar-refractivity contribution in [1.82, 2.24) is 4.90 Å². The van der Waals surface area contributed by atoms with Gasteiger partial charge < -0.3 is 10.6 Å². The van der Waals surface area contributed by atoms with Crippen LogP contribution in [0, 0.1) is 5.92 Å². The Morgan fingerprint density at radius 1 is 1.31 bits per heavy atom. The van der Waals surface area contributed by atoms with Crippen molar-refractivity contribution in [2.45, 2.75) is 57.9 Å². The molecule has 0 atom stereocenters. The molecule has 1 aliphatic rings. The van der Waals surface area contributed by atoms with Crippen LogP contribution in [0.4, 0.5) is 0 Å². The molecule has 0 spiro atoms. The Morgan fingerprint density at radius 3 is 2.44 bits per heavy atom. The summed E-state index contributed by atoms with van der Waals surface area (Å²) in [5.74, 6) is 0.987. The van der Waals surface area contributed by atoms with Crippen molar-refractivity contribution in [3.8, 4) is 0 Å². The third kappa shape index (κ3) is 4.79. The average molecular weight is 242 g/mol. The Bertz CT molecular complexity index is 210. The van der Waals surface area contributed by atoms with Crippen LogP contribution in [-0.4, -0.2) is 29.5 Å². The van der Waals surface area contributed by atoms with Crippen molar-refractivity contribution in [3.63, 3.8) is 0 Å². The fourth-order valence-corrected chi connectivity index (χ4v) is 2.82. The summed E-state index contributed by atoms with van der Waals surface area (Å²) in [4.78, 5) is 3.16. The van der Waals surface area contributed by atoms with Gasteiger partial charge in [0.1, 0.15) is 0 Å². The summed E-state index contributed by atoms with van der Waals surface area (Å²) >= 11 is 4.89. The predicted molar refractivity (Wildman–Crippen MR) is 74.7 cm³/mol. The minimum atomic E-state index is 0.656. The molecule has 94 valence electrons. The SMILES string of the molecule is CCC1CCC(N(C)CCCC(N)=S)CC1. The third-order valence-electron chi connectivity index (χ3n) is 3.95. The van der Waals surface area contributed by atoms with E-state index in [2.05, 4.69) is 18.9 Å². The van der Waals surface area contributed by atoms with Gasteiger partial charge in [0.25, 0.3) is 0 Å². The highest BCUT2D eigenvalue weighted by Crippen LogP contribution is 2.28. The monoisotopic (exact) mass is 242 g/mol. The van der Waals surface area contributed by atoms with Crippen LogP contribution in [0.15, 0.2) is 0 Å². The van der Waals surface area contributed by atoms with E-state index in [1.54, 1.807) is 0 Å². The fraction of sp³-hybridized carbons (Fsp3) is 0.923.